The van der Waals surface area contributed by atoms with E-state index in [2.05, 4.69) is 18.7 Å². The van der Waals surface area contributed by atoms with E-state index in [1.807, 2.05) is 0 Å². The molecule has 1 aromatic rings. The maximum absolute atomic E-state index is 9.89. The zero-order valence-electron chi connectivity index (χ0n) is 11.7. The minimum Gasteiger partial charge on any atom is -0.508 e. The van der Waals surface area contributed by atoms with Crippen molar-refractivity contribution in [2.75, 3.05) is 13.1 Å². The molecule has 1 atom stereocenters. The summed E-state index contributed by atoms with van der Waals surface area (Å²) in [5.41, 5.74) is 2.13. The number of rotatable bonds is 5. The van der Waals surface area contributed by atoms with Crippen molar-refractivity contribution in [2.45, 2.75) is 45.6 Å². The van der Waals surface area contributed by atoms with Crippen LogP contribution in [0.25, 0.3) is 0 Å². The maximum atomic E-state index is 9.89. The maximum Gasteiger partial charge on any atom is 0.122 e. The van der Waals surface area contributed by atoms with Gasteiger partial charge in [-0.1, -0.05) is 13.8 Å². The Balaban J connectivity index is 0.00000180. The molecule has 2 rings (SSSR count). The Labute approximate surface area is 126 Å². The van der Waals surface area contributed by atoms with Gasteiger partial charge in [-0.05, 0) is 56.0 Å². The molecule has 1 unspecified atom stereocenters. The third-order valence-corrected chi connectivity index (χ3v) is 3.74. The van der Waals surface area contributed by atoms with Gasteiger partial charge >= 0.3 is 0 Å². The van der Waals surface area contributed by atoms with Gasteiger partial charge in [0.15, 0.2) is 0 Å². The van der Waals surface area contributed by atoms with Gasteiger partial charge in [-0.3, -0.25) is 4.90 Å². The van der Waals surface area contributed by atoms with Gasteiger partial charge in [-0.2, -0.15) is 0 Å². The Kier molecular flexibility index (Phi) is 6.14. The van der Waals surface area contributed by atoms with Crippen LogP contribution in [0.3, 0.4) is 0 Å². The van der Waals surface area contributed by atoms with E-state index in [0.717, 1.165) is 49.9 Å². The number of benzene rings is 1. The van der Waals surface area contributed by atoms with Crippen LogP contribution in [0.4, 0.5) is 0 Å². The van der Waals surface area contributed by atoms with Gasteiger partial charge < -0.3 is 10.2 Å². The van der Waals surface area contributed by atoms with Crippen molar-refractivity contribution in [3.05, 3.63) is 23.3 Å². The first kappa shape index (κ1) is 16.3. The SMILES string of the molecule is Br.CCCN(CCC)C1Cc2cc(O)cc(O)c2C1. The van der Waals surface area contributed by atoms with Gasteiger partial charge in [0.25, 0.3) is 0 Å². The van der Waals surface area contributed by atoms with Crippen LogP contribution in [0.2, 0.25) is 0 Å². The van der Waals surface area contributed by atoms with Gasteiger partial charge in [-0.25, -0.2) is 0 Å². The highest BCUT2D eigenvalue weighted by molar-refractivity contribution is 8.93. The molecule has 0 bridgehead atoms. The first-order valence-electron chi connectivity index (χ1n) is 6.93. The van der Waals surface area contributed by atoms with Crippen LogP contribution in [-0.2, 0) is 12.8 Å². The first-order chi connectivity index (χ1) is 8.65. The summed E-state index contributed by atoms with van der Waals surface area (Å²) in [6.45, 7) is 6.63. The molecule has 0 saturated carbocycles. The molecule has 108 valence electrons. The standard InChI is InChI=1S/C15H23NO2.BrH/c1-3-5-16(6-4-2)12-7-11-8-13(17)10-15(18)14(11)9-12;/h8,10,12,17-18H,3-7,9H2,1-2H3;1H. The van der Waals surface area contributed by atoms with Gasteiger partial charge in [0.2, 0.25) is 0 Å². The molecule has 0 saturated heterocycles. The quantitative estimate of drug-likeness (QED) is 0.871. The Hall–Kier alpha value is -0.740. The molecule has 0 aromatic heterocycles. The summed E-state index contributed by atoms with van der Waals surface area (Å²) in [4.78, 5) is 2.51. The van der Waals surface area contributed by atoms with Crippen LogP contribution in [-0.4, -0.2) is 34.2 Å². The van der Waals surface area contributed by atoms with Crippen molar-refractivity contribution in [3.63, 3.8) is 0 Å². The summed E-state index contributed by atoms with van der Waals surface area (Å²) >= 11 is 0. The van der Waals surface area contributed by atoms with E-state index in [9.17, 15) is 10.2 Å². The molecule has 0 heterocycles. The fraction of sp³-hybridized carbons (Fsp3) is 0.600. The number of hydrogen-bond acceptors (Lipinski definition) is 3. The molecule has 1 aliphatic rings. The van der Waals surface area contributed by atoms with E-state index in [-0.39, 0.29) is 28.5 Å². The number of fused-ring (bicyclic) bond motifs is 1. The third-order valence-electron chi connectivity index (χ3n) is 3.74. The van der Waals surface area contributed by atoms with Gasteiger partial charge in [-0.15, -0.1) is 17.0 Å². The van der Waals surface area contributed by atoms with E-state index in [4.69, 9.17) is 0 Å². The lowest BCUT2D eigenvalue weighted by Gasteiger charge is -2.27. The fourth-order valence-electron chi connectivity index (χ4n) is 2.99. The Morgan fingerprint density at radius 3 is 2.32 bits per heavy atom. The Bertz CT molecular complexity index is 417. The molecule has 19 heavy (non-hydrogen) atoms. The summed E-state index contributed by atoms with van der Waals surface area (Å²) in [7, 11) is 0. The van der Waals surface area contributed by atoms with Crippen LogP contribution >= 0.6 is 17.0 Å². The second-order valence-electron chi connectivity index (χ2n) is 5.20. The molecule has 4 heteroatoms. The molecule has 3 nitrogen and oxygen atoms in total. The van der Waals surface area contributed by atoms with Crippen molar-refractivity contribution in [1.82, 2.24) is 4.90 Å². The summed E-state index contributed by atoms with van der Waals surface area (Å²) in [5.74, 6) is 0.421. The molecule has 0 fully saturated rings. The number of halogens is 1. The molecular weight excluding hydrogens is 306 g/mol. The summed E-state index contributed by atoms with van der Waals surface area (Å²) in [5, 5.41) is 19.4. The zero-order valence-corrected chi connectivity index (χ0v) is 13.4. The van der Waals surface area contributed by atoms with Gasteiger partial charge in [0.05, 0.1) is 0 Å². The highest BCUT2D eigenvalue weighted by atomic mass is 79.9. The average Bonchev–Trinajstić information content (AvgIpc) is 2.72. The molecule has 0 aliphatic heterocycles. The number of nitrogens with zero attached hydrogens (tertiary/aromatic N) is 1. The minimum absolute atomic E-state index is 0. The first-order valence-corrected chi connectivity index (χ1v) is 6.93. The van der Waals surface area contributed by atoms with E-state index in [1.54, 1.807) is 6.07 Å². The number of phenolic OH excluding ortho intramolecular Hbond substituents is 2. The predicted molar refractivity (Wildman–Crippen MR) is 83.4 cm³/mol. The van der Waals surface area contributed by atoms with Gasteiger partial charge in [0, 0.05) is 12.1 Å². The highest BCUT2D eigenvalue weighted by Gasteiger charge is 2.28. The number of phenols is 2. The van der Waals surface area contributed by atoms with Crippen molar-refractivity contribution in [2.24, 2.45) is 0 Å². The molecule has 2 N–H and O–H groups in total. The van der Waals surface area contributed by atoms with Crippen molar-refractivity contribution in [1.29, 1.82) is 0 Å². The summed E-state index contributed by atoms with van der Waals surface area (Å²) < 4.78 is 0. The smallest absolute Gasteiger partial charge is 0.122 e. The van der Waals surface area contributed by atoms with Crippen LogP contribution in [0.5, 0.6) is 11.5 Å². The van der Waals surface area contributed by atoms with Crippen LogP contribution < -0.4 is 0 Å². The molecule has 0 spiro atoms. The normalized spacial score (nSPS) is 17.3. The average molecular weight is 330 g/mol. The summed E-state index contributed by atoms with van der Waals surface area (Å²) in [6, 6.07) is 3.73. The van der Waals surface area contributed by atoms with E-state index in [0.29, 0.717) is 6.04 Å². The zero-order chi connectivity index (χ0) is 13.1. The molecule has 1 aliphatic carbocycles. The van der Waals surface area contributed by atoms with Crippen molar-refractivity contribution in [3.8, 4) is 11.5 Å². The van der Waals surface area contributed by atoms with E-state index >= 15 is 0 Å². The van der Waals surface area contributed by atoms with Crippen LogP contribution in [0.15, 0.2) is 12.1 Å². The van der Waals surface area contributed by atoms with Gasteiger partial charge in [0.1, 0.15) is 11.5 Å². The van der Waals surface area contributed by atoms with E-state index < -0.39 is 0 Å². The van der Waals surface area contributed by atoms with Crippen molar-refractivity contribution >= 4 is 17.0 Å². The largest absolute Gasteiger partial charge is 0.508 e. The lowest BCUT2D eigenvalue weighted by molar-refractivity contribution is 0.201. The van der Waals surface area contributed by atoms with E-state index in [1.165, 1.54) is 6.07 Å². The Morgan fingerprint density at radius 1 is 1.11 bits per heavy atom. The second kappa shape index (κ2) is 7.15. The molecule has 0 amide bonds. The van der Waals surface area contributed by atoms with Crippen LogP contribution in [0.1, 0.15) is 37.8 Å². The Morgan fingerprint density at radius 2 is 1.74 bits per heavy atom. The fourth-order valence-corrected chi connectivity index (χ4v) is 2.99. The number of hydrogen-bond donors (Lipinski definition) is 2. The highest BCUT2D eigenvalue weighted by Crippen LogP contribution is 2.35. The second-order valence-corrected chi connectivity index (χ2v) is 5.20. The molecular formula is C15H24BrNO2. The molecule has 1 aromatic carbocycles. The number of aromatic hydroxyl groups is 2. The monoisotopic (exact) mass is 329 g/mol. The third kappa shape index (κ3) is 3.63. The lowest BCUT2D eigenvalue weighted by atomic mass is 10.1. The van der Waals surface area contributed by atoms with Crippen molar-refractivity contribution < 1.29 is 10.2 Å². The molecule has 0 radical (unpaired) electrons. The lowest BCUT2D eigenvalue weighted by Crippen LogP contribution is -2.37. The topological polar surface area (TPSA) is 43.7 Å². The van der Waals surface area contributed by atoms with Crippen LogP contribution in [0, 0.1) is 0 Å². The minimum atomic E-state index is 0. The summed E-state index contributed by atoms with van der Waals surface area (Å²) in [6.07, 6.45) is 4.16. The predicted octanol–water partition coefficient (Wildman–Crippen LogP) is 3.26.